The largest absolute Gasteiger partial charge is 0.384 e. The maximum Gasteiger partial charge on any atom is 0.224 e. The first-order valence-electron chi connectivity index (χ1n) is 6.76. The second-order valence-corrected chi connectivity index (χ2v) is 5.93. The predicted molar refractivity (Wildman–Crippen MR) is 71.9 cm³/mol. The zero-order chi connectivity index (χ0) is 11.9. The van der Waals surface area contributed by atoms with Gasteiger partial charge in [0.15, 0.2) is 0 Å². The van der Waals surface area contributed by atoms with E-state index >= 15 is 0 Å². The minimum atomic E-state index is 0. The summed E-state index contributed by atoms with van der Waals surface area (Å²) in [5.74, 6) is 0.342. The molecular formula is C13H23ClN2O2. The highest BCUT2D eigenvalue weighted by molar-refractivity contribution is 5.85. The number of methoxy groups -OCH3 is 1. The number of carbonyl (C=O) groups excluding carboxylic acids is 1. The summed E-state index contributed by atoms with van der Waals surface area (Å²) in [5.41, 5.74) is 0.266. The molecule has 0 aromatic rings. The molecule has 18 heavy (non-hydrogen) atoms. The van der Waals surface area contributed by atoms with Crippen LogP contribution in [0.4, 0.5) is 0 Å². The van der Waals surface area contributed by atoms with E-state index in [2.05, 4.69) is 10.2 Å². The third-order valence-corrected chi connectivity index (χ3v) is 4.80. The number of halogens is 1. The van der Waals surface area contributed by atoms with Gasteiger partial charge in [0.25, 0.3) is 0 Å². The first kappa shape index (κ1) is 14.1. The molecular weight excluding hydrogens is 252 g/mol. The fourth-order valence-corrected chi connectivity index (χ4v) is 3.72. The van der Waals surface area contributed by atoms with Crippen molar-refractivity contribution in [2.24, 2.45) is 5.41 Å². The number of ether oxygens (including phenoxy) is 1. The molecule has 2 heterocycles. The van der Waals surface area contributed by atoms with Gasteiger partial charge in [0, 0.05) is 37.6 Å². The van der Waals surface area contributed by atoms with Crippen LogP contribution >= 0.6 is 12.4 Å². The number of likely N-dealkylation sites (tertiary alicyclic amines) is 1. The van der Waals surface area contributed by atoms with Crippen LogP contribution in [0.2, 0.25) is 0 Å². The van der Waals surface area contributed by atoms with E-state index in [-0.39, 0.29) is 17.8 Å². The highest BCUT2D eigenvalue weighted by Crippen LogP contribution is 2.43. The Labute approximate surface area is 115 Å². The number of amides is 1. The van der Waals surface area contributed by atoms with Gasteiger partial charge in [0.05, 0.1) is 6.61 Å². The molecule has 3 rings (SSSR count). The van der Waals surface area contributed by atoms with Crippen LogP contribution in [0, 0.1) is 5.41 Å². The maximum atomic E-state index is 12.1. The van der Waals surface area contributed by atoms with Crippen molar-refractivity contribution in [1.82, 2.24) is 10.2 Å². The first-order valence-corrected chi connectivity index (χ1v) is 6.76. The number of hydrogen-bond donors (Lipinski definition) is 1. The molecule has 1 N–H and O–H groups in total. The summed E-state index contributed by atoms with van der Waals surface area (Å²) in [6.07, 6.45) is 5.55. The Kier molecular flexibility index (Phi) is 4.19. The highest BCUT2D eigenvalue weighted by Gasteiger charge is 2.47. The molecule has 1 saturated carbocycles. The summed E-state index contributed by atoms with van der Waals surface area (Å²) in [6, 6.07) is 0.874. The quantitative estimate of drug-likeness (QED) is 0.837. The van der Waals surface area contributed by atoms with Crippen molar-refractivity contribution in [3.63, 3.8) is 0 Å². The van der Waals surface area contributed by atoms with Crippen LogP contribution in [0.3, 0.4) is 0 Å². The lowest BCUT2D eigenvalue weighted by molar-refractivity contribution is -0.132. The Morgan fingerprint density at radius 2 is 2.28 bits per heavy atom. The lowest BCUT2D eigenvalue weighted by Crippen LogP contribution is -2.48. The summed E-state index contributed by atoms with van der Waals surface area (Å²) < 4.78 is 5.35. The number of nitrogens with one attached hydrogen (secondary N) is 1. The van der Waals surface area contributed by atoms with Gasteiger partial charge in [-0.15, -0.1) is 12.4 Å². The van der Waals surface area contributed by atoms with Crippen molar-refractivity contribution in [3.8, 4) is 0 Å². The fourth-order valence-electron chi connectivity index (χ4n) is 3.72. The summed E-state index contributed by atoms with van der Waals surface area (Å²) in [5, 5.41) is 3.44. The molecule has 2 saturated heterocycles. The van der Waals surface area contributed by atoms with Crippen molar-refractivity contribution in [1.29, 1.82) is 0 Å². The van der Waals surface area contributed by atoms with E-state index < -0.39 is 0 Å². The van der Waals surface area contributed by atoms with Crippen molar-refractivity contribution in [2.45, 2.75) is 44.2 Å². The number of nitrogens with zero attached hydrogens (tertiary/aromatic N) is 1. The van der Waals surface area contributed by atoms with Crippen LogP contribution in [0.5, 0.6) is 0 Å². The van der Waals surface area contributed by atoms with Crippen molar-refractivity contribution in [2.75, 3.05) is 26.8 Å². The van der Waals surface area contributed by atoms with Crippen molar-refractivity contribution in [3.05, 3.63) is 0 Å². The summed E-state index contributed by atoms with van der Waals surface area (Å²) in [7, 11) is 1.77. The van der Waals surface area contributed by atoms with Gasteiger partial charge >= 0.3 is 0 Å². The van der Waals surface area contributed by atoms with Gasteiger partial charge in [0.2, 0.25) is 5.91 Å². The molecule has 4 nitrogen and oxygen atoms in total. The molecule has 0 aromatic carbocycles. The summed E-state index contributed by atoms with van der Waals surface area (Å²) >= 11 is 0. The Hall–Kier alpha value is -0.320. The zero-order valence-electron chi connectivity index (χ0n) is 11.0. The second kappa shape index (κ2) is 5.35. The Balaban J connectivity index is 0.00000120. The number of hydrogen-bond acceptors (Lipinski definition) is 3. The fraction of sp³-hybridized carbons (Fsp3) is 0.923. The van der Waals surface area contributed by atoms with Gasteiger partial charge in [-0.3, -0.25) is 4.79 Å². The van der Waals surface area contributed by atoms with Crippen LogP contribution in [0.15, 0.2) is 0 Å². The normalized spacial score (nSPS) is 32.9. The predicted octanol–water partition coefficient (Wildman–Crippen LogP) is 1.19. The topological polar surface area (TPSA) is 41.6 Å². The molecule has 0 radical (unpaired) electrons. The van der Waals surface area contributed by atoms with E-state index in [1.54, 1.807) is 7.11 Å². The zero-order valence-corrected chi connectivity index (χ0v) is 11.8. The highest BCUT2D eigenvalue weighted by atomic mass is 35.5. The molecule has 5 heteroatoms. The average Bonchev–Trinajstić information content (AvgIpc) is 2.78. The lowest BCUT2D eigenvalue weighted by atomic mass is 9.69. The van der Waals surface area contributed by atoms with Gasteiger partial charge in [-0.1, -0.05) is 6.42 Å². The third kappa shape index (κ3) is 2.26. The van der Waals surface area contributed by atoms with Crippen LogP contribution in [0.1, 0.15) is 32.1 Å². The van der Waals surface area contributed by atoms with Gasteiger partial charge in [-0.25, -0.2) is 0 Å². The van der Waals surface area contributed by atoms with Gasteiger partial charge in [-0.05, 0) is 25.8 Å². The summed E-state index contributed by atoms with van der Waals surface area (Å²) in [6.45, 7) is 2.79. The molecule has 1 aliphatic carbocycles. The summed E-state index contributed by atoms with van der Waals surface area (Å²) in [4.78, 5) is 14.2. The van der Waals surface area contributed by atoms with Crippen molar-refractivity contribution >= 4 is 18.3 Å². The standard InChI is InChI=1S/C13H22N2O2.ClH/c1-17-9-13(4-2-5-13)8-15-11-3-6-14-10(11)7-12(15)16;/h10-11,14H,2-9H2,1H3;1H/t10-,11-;/m1./s1. The third-order valence-electron chi connectivity index (χ3n) is 4.80. The van der Waals surface area contributed by atoms with Crippen LogP contribution in [-0.2, 0) is 9.53 Å². The van der Waals surface area contributed by atoms with Gasteiger partial charge in [0.1, 0.15) is 0 Å². The molecule has 3 fully saturated rings. The van der Waals surface area contributed by atoms with Crippen LogP contribution < -0.4 is 5.32 Å². The minimum Gasteiger partial charge on any atom is -0.384 e. The molecule has 0 bridgehead atoms. The van der Waals surface area contributed by atoms with E-state index in [4.69, 9.17) is 4.74 Å². The molecule has 0 unspecified atom stereocenters. The smallest absolute Gasteiger partial charge is 0.224 e. The van der Waals surface area contributed by atoms with E-state index in [0.29, 0.717) is 24.4 Å². The molecule has 2 aliphatic heterocycles. The molecule has 3 aliphatic rings. The number of carbonyl (C=O) groups is 1. The van der Waals surface area contributed by atoms with Crippen LogP contribution in [-0.4, -0.2) is 49.7 Å². The van der Waals surface area contributed by atoms with E-state index in [0.717, 1.165) is 26.1 Å². The molecule has 104 valence electrons. The van der Waals surface area contributed by atoms with E-state index in [1.165, 1.54) is 19.3 Å². The number of fused-ring (bicyclic) bond motifs is 1. The minimum absolute atomic E-state index is 0. The molecule has 1 amide bonds. The Morgan fingerprint density at radius 1 is 1.50 bits per heavy atom. The first-order chi connectivity index (χ1) is 8.24. The molecule has 0 aromatic heterocycles. The molecule has 0 spiro atoms. The Morgan fingerprint density at radius 3 is 2.89 bits per heavy atom. The number of rotatable bonds is 4. The van der Waals surface area contributed by atoms with Gasteiger partial charge in [-0.2, -0.15) is 0 Å². The maximum absolute atomic E-state index is 12.1. The van der Waals surface area contributed by atoms with Crippen molar-refractivity contribution < 1.29 is 9.53 Å². The Bertz CT molecular complexity index is 320. The van der Waals surface area contributed by atoms with E-state index in [1.807, 2.05) is 0 Å². The second-order valence-electron chi connectivity index (χ2n) is 5.93. The molecule has 2 atom stereocenters. The van der Waals surface area contributed by atoms with Crippen LogP contribution in [0.25, 0.3) is 0 Å². The van der Waals surface area contributed by atoms with Gasteiger partial charge < -0.3 is 15.0 Å². The lowest BCUT2D eigenvalue weighted by Gasteiger charge is -2.45. The SMILES string of the molecule is COCC1(CN2C(=O)C[C@H]3NCC[C@H]32)CCC1.Cl. The average molecular weight is 275 g/mol. The van der Waals surface area contributed by atoms with E-state index in [9.17, 15) is 4.79 Å². The monoisotopic (exact) mass is 274 g/mol.